The maximum absolute atomic E-state index is 12.0. The maximum Gasteiger partial charge on any atom is 0.319 e. The Bertz CT molecular complexity index is 537. The van der Waals surface area contributed by atoms with Gasteiger partial charge in [-0.25, -0.2) is 4.79 Å². The second-order valence-electron chi connectivity index (χ2n) is 6.75. The third kappa shape index (κ3) is 5.42. The van der Waals surface area contributed by atoms with Crippen molar-refractivity contribution in [3.63, 3.8) is 0 Å². The number of nitrogens with one attached hydrogen (secondary N) is 2. The minimum absolute atomic E-state index is 0.160. The fraction of sp³-hybridized carbons (Fsp3) is 0.632. The van der Waals surface area contributed by atoms with E-state index < -0.39 is 0 Å². The van der Waals surface area contributed by atoms with Crippen LogP contribution in [0.5, 0.6) is 0 Å². The number of amides is 2. The van der Waals surface area contributed by atoms with Crippen molar-refractivity contribution in [1.29, 1.82) is 0 Å². The molecule has 0 saturated carbocycles. The minimum atomic E-state index is -0.160. The summed E-state index contributed by atoms with van der Waals surface area (Å²) in [7, 11) is 0. The second-order valence-corrected chi connectivity index (χ2v) is 6.75. The Balaban J connectivity index is 1.42. The number of rotatable bonds is 6. The lowest BCUT2D eigenvalue weighted by molar-refractivity contribution is 0.0198. The quantitative estimate of drug-likeness (QED) is 0.831. The smallest absolute Gasteiger partial charge is 0.319 e. The van der Waals surface area contributed by atoms with Crippen LogP contribution in [0.3, 0.4) is 0 Å². The maximum atomic E-state index is 12.0. The number of benzene rings is 1. The summed E-state index contributed by atoms with van der Waals surface area (Å²) in [4.78, 5) is 14.4. The molecule has 25 heavy (non-hydrogen) atoms. The molecule has 2 aliphatic rings. The number of carbonyl (C=O) groups is 1. The van der Waals surface area contributed by atoms with Crippen LogP contribution in [0.25, 0.3) is 0 Å². The van der Waals surface area contributed by atoms with Crippen molar-refractivity contribution >= 4 is 11.7 Å². The number of morpholine rings is 1. The van der Waals surface area contributed by atoms with Gasteiger partial charge in [-0.2, -0.15) is 0 Å². The molecule has 0 bridgehead atoms. The number of urea groups is 1. The van der Waals surface area contributed by atoms with Crippen molar-refractivity contribution in [2.75, 3.05) is 44.8 Å². The van der Waals surface area contributed by atoms with Crippen LogP contribution >= 0.6 is 0 Å². The van der Waals surface area contributed by atoms with Gasteiger partial charge in [-0.3, -0.25) is 4.90 Å². The van der Waals surface area contributed by atoms with Crippen LogP contribution in [-0.2, 0) is 9.47 Å². The van der Waals surface area contributed by atoms with Crippen molar-refractivity contribution < 1.29 is 14.3 Å². The molecular weight excluding hydrogens is 318 g/mol. The van der Waals surface area contributed by atoms with Crippen molar-refractivity contribution in [3.05, 3.63) is 29.8 Å². The SMILES string of the molecule is C[C@H](c1ccc(NC(=O)NCC[C@@H]2CCCO2)cc1)N1CCOCC1. The molecule has 0 aliphatic carbocycles. The molecule has 1 aromatic carbocycles. The summed E-state index contributed by atoms with van der Waals surface area (Å²) >= 11 is 0. The van der Waals surface area contributed by atoms with E-state index in [0.29, 0.717) is 18.7 Å². The van der Waals surface area contributed by atoms with E-state index >= 15 is 0 Å². The average Bonchev–Trinajstić information content (AvgIpc) is 3.16. The largest absolute Gasteiger partial charge is 0.379 e. The highest BCUT2D eigenvalue weighted by Gasteiger charge is 2.18. The van der Waals surface area contributed by atoms with E-state index in [2.05, 4.69) is 34.6 Å². The summed E-state index contributed by atoms with van der Waals surface area (Å²) in [5.41, 5.74) is 2.07. The Morgan fingerprint density at radius 2 is 2.00 bits per heavy atom. The highest BCUT2D eigenvalue weighted by molar-refractivity contribution is 5.89. The molecule has 2 aliphatic heterocycles. The first-order chi connectivity index (χ1) is 12.2. The van der Waals surface area contributed by atoms with Crippen LogP contribution in [0.1, 0.15) is 37.8 Å². The van der Waals surface area contributed by atoms with Gasteiger partial charge in [-0.15, -0.1) is 0 Å². The van der Waals surface area contributed by atoms with Crippen molar-refractivity contribution in [1.82, 2.24) is 10.2 Å². The number of ether oxygens (including phenoxy) is 2. The molecule has 0 unspecified atom stereocenters. The number of nitrogens with zero attached hydrogens (tertiary/aromatic N) is 1. The molecule has 2 amide bonds. The van der Waals surface area contributed by atoms with E-state index in [4.69, 9.17) is 9.47 Å². The molecule has 0 spiro atoms. The Kier molecular flexibility index (Phi) is 6.67. The van der Waals surface area contributed by atoms with Crippen LogP contribution in [-0.4, -0.2) is 56.5 Å². The van der Waals surface area contributed by atoms with Gasteiger partial charge in [0.25, 0.3) is 0 Å². The number of anilines is 1. The Labute approximate surface area is 149 Å². The standard InChI is InChI=1S/C19H29N3O3/c1-15(22-10-13-24-14-11-22)16-4-6-17(7-5-16)21-19(23)20-9-8-18-3-2-12-25-18/h4-7,15,18H,2-3,8-14H2,1H3,(H2,20,21,23)/t15-,18+/m1/s1. The van der Waals surface area contributed by atoms with Gasteiger partial charge < -0.3 is 20.1 Å². The monoisotopic (exact) mass is 347 g/mol. The molecule has 138 valence electrons. The lowest BCUT2D eigenvalue weighted by atomic mass is 10.1. The van der Waals surface area contributed by atoms with E-state index in [1.807, 2.05) is 12.1 Å². The molecule has 6 nitrogen and oxygen atoms in total. The summed E-state index contributed by atoms with van der Waals surface area (Å²) in [6.07, 6.45) is 3.42. The predicted molar refractivity (Wildman–Crippen MR) is 97.9 cm³/mol. The van der Waals surface area contributed by atoms with Gasteiger partial charge in [0, 0.05) is 38.0 Å². The molecule has 2 fully saturated rings. The Morgan fingerprint density at radius 1 is 1.24 bits per heavy atom. The van der Waals surface area contributed by atoms with E-state index in [0.717, 1.165) is 57.9 Å². The van der Waals surface area contributed by atoms with Gasteiger partial charge in [-0.1, -0.05) is 12.1 Å². The van der Waals surface area contributed by atoms with Crippen molar-refractivity contribution in [2.45, 2.75) is 38.3 Å². The zero-order valence-corrected chi connectivity index (χ0v) is 15.0. The molecule has 1 aromatic rings. The number of carbonyl (C=O) groups excluding carboxylic acids is 1. The fourth-order valence-corrected chi connectivity index (χ4v) is 3.41. The van der Waals surface area contributed by atoms with Crippen LogP contribution in [0.2, 0.25) is 0 Å². The van der Waals surface area contributed by atoms with Gasteiger partial charge >= 0.3 is 6.03 Å². The first-order valence-corrected chi connectivity index (χ1v) is 9.30. The summed E-state index contributed by atoms with van der Waals surface area (Å²) in [6.45, 7) is 7.24. The summed E-state index contributed by atoms with van der Waals surface area (Å²) in [5, 5.41) is 5.78. The molecule has 6 heteroatoms. The molecule has 2 saturated heterocycles. The van der Waals surface area contributed by atoms with Gasteiger partial charge in [0.15, 0.2) is 0 Å². The predicted octanol–water partition coefficient (Wildman–Crippen LogP) is 2.77. The summed E-state index contributed by atoms with van der Waals surface area (Å²) in [5.74, 6) is 0. The molecule has 0 radical (unpaired) electrons. The first-order valence-electron chi connectivity index (χ1n) is 9.30. The van der Waals surface area contributed by atoms with Crippen molar-refractivity contribution in [3.8, 4) is 0 Å². The van der Waals surface area contributed by atoms with Gasteiger partial charge in [-0.05, 0) is 43.9 Å². The third-order valence-corrected chi connectivity index (χ3v) is 5.02. The fourth-order valence-electron chi connectivity index (χ4n) is 3.41. The molecule has 0 aromatic heterocycles. The van der Waals surface area contributed by atoms with Crippen LogP contribution in [0.4, 0.5) is 10.5 Å². The lowest BCUT2D eigenvalue weighted by Crippen LogP contribution is -2.38. The molecule has 2 atom stereocenters. The van der Waals surface area contributed by atoms with Gasteiger partial charge in [0.05, 0.1) is 19.3 Å². The highest BCUT2D eigenvalue weighted by Crippen LogP contribution is 2.22. The van der Waals surface area contributed by atoms with E-state index in [1.165, 1.54) is 5.56 Å². The second kappa shape index (κ2) is 9.17. The molecular formula is C19H29N3O3. The van der Waals surface area contributed by atoms with Crippen LogP contribution in [0, 0.1) is 0 Å². The Hall–Kier alpha value is -1.63. The first kappa shape index (κ1) is 18.2. The Morgan fingerprint density at radius 3 is 2.68 bits per heavy atom. The molecule has 2 heterocycles. The topological polar surface area (TPSA) is 62.8 Å². The third-order valence-electron chi connectivity index (χ3n) is 5.02. The average molecular weight is 347 g/mol. The number of hydrogen-bond donors (Lipinski definition) is 2. The van der Waals surface area contributed by atoms with E-state index in [9.17, 15) is 4.79 Å². The van der Waals surface area contributed by atoms with E-state index in [-0.39, 0.29) is 6.03 Å². The van der Waals surface area contributed by atoms with E-state index in [1.54, 1.807) is 0 Å². The summed E-state index contributed by atoms with van der Waals surface area (Å²) in [6, 6.07) is 8.30. The minimum Gasteiger partial charge on any atom is -0.379 e. The molecule has 2 N–H and O–H groups in total. The van der Waals surface area contributed by atoms with Crippen LogP contribution < -0.4 is 10.6 Å². The summed E-state index contributed by atoms with van der Waals surface area (Å²) < 4.78 is 11.0. The highest BCUT2D eigenvalue weighted by atomic mass is 16.5. The number of hydrogen-bond acceptors (Lipinski definition) is 4. The normalized spacial score (nSPS) is 22.5. The van der Waals surface area contributed by atoms with Crippen molar-refractivity contribution in [2.24, 2.45) is 0 Å². The lowest BCUT2D eigenvalue weighted by Gasteiger charge is -2.32. The van der Waals surface area contributed by atoms with Crippen LogP contribution in [0.15, 0.2) is 24.3 Å². The zero-order chi connectivity index (χ0) is 17.5. The van der Waals surface area contributed by atoms with Gasteiger partial charge in [0.2, 0.25) is 0 Å². The zero-order valence-electron chi connectivity index (χ0n) is 15.0. The van der Waals surface area contributed by atoms with Gasteiger partial charge in [0.1, 0.15) is 0 Å². The molecule has 3 rings (SSSR count).